The van der Waals surface area contributed by atoms with Crippen LogP contribution in [0.25, 0.3) is 0 Å². The summed E-state index contributed by atoms with van der Waals surface area (Å²) in [5.74, 6) is 2.54. The minimum Gasteiger partial charge on any atom is -0.487 e. The van der Waals surface area contributed by atoms with Crippen LogP contribution in [0.1, 0.15) is 141 Å². The molecule has 3 heterocycles. The lowest BCUT2D eigenvalue weighted by atomic mass is 9.83. The van der Waals surface area contributed by atoms with Crippen LogP contribution in [-0.4, -0.2) is 113 Å². The average molecular weight is 837 g/mol. The van der Waals surface area contributed by atoms with Crippen LogP contribution in [0.15, 0.2) is 0 Å². The summed E-state index contributed by atoms with van der Waals surface area (Å²) in [5, 5.41) is 51.3. The second kappa shape index (κ2) is 23.0. The minimum atomic E-state index is -1.30. The van der Waals surface area contributed by atoms with E-state index in [1.807, 2.05) is 13.8 Å². The second-order valence-corrected chi connectivity index (χ2v) is 19.1. The van der Waals surface area contributed by atoms with Crippen molar-refractivity contribution in [3.05, 3.63) is 22.3 Å². The van der Waals surface area contributed by atoms with E-state index in [9.17, 15) is 30.3 Å². The summed E-state index contributed by atoms with van der Waals surface area (Å²) in [4.78, 5) is 13.2. The van der Waals surface area contributed by atoms with Crippen LogP contribution in [0, 0.1) is 50.4 Å². The fourth-order valence-electron chi connectivity index (χ4n) is 9.15. The van der Waals surface area contributed by atoms with Gasteiger partial charge in [-0.15, -0.1) is 0 Å². The third-order valence-electron chi connectivity index (χ3n) is 13.5. The van der Waals surface area contributed by atoms with Crippen LogP contribution >= 0.6 is 0 Å². The molecule has 3 aliphatic rings. The van der Waals surface area contributed by atoms with Crippen molar-refractivity contribution in [2.24, 2.45) is 29.6 Å². The van der Waals surface area contributed by atoms with Crippen molar-refractivity contribution < 1.29 is 58.7 Å². The van der Waals surface area contributed by atoms with Crippen molar-refractivity contribution in [3.63, 3.8) is 0 Å². The molecular formula is C47H80O12. The second-order valence-electron chi connectivity index (χ2n) is 19.1. The van der Waals surface area contributed by atoms with E-state index in [1.54, 1.807) is 13.8 Å². The summed E-state index contributed by atoms with van der Waals surface area (Å²) in [5.41, 5.74) is 3.93. The Morgan fingerprint density at radius 2 is 1.42 bits per heavy atom. The van der Waals surface area contributed by atoms with Crippen molar-refractivity contribution in [1.82, 2.24) is 0 Å². The standard InChI is InChI=1S/C47H80O12/c1-27(2)14-11-15-28(3)16-12-17-29(4)18-13-21-47(10)22-19-36-32(7)41(30(5)31(6)42(36)59-47)55-26-35(50)20-23-54-43-34(9)45(53)56-38(25-49)44(43)58-46-33(8)39(51)40(52)37(24-48)57-46/h27-29,33-34,37-40,43-46,48-49,51-53H,11-26H2,1-10H3/t28-,29-,33?,34?,37?,38?,39+,40+,43+,44+,45?,46-,47-/m0/s1. The van der Waals surface area contributed by atoms with Gasteiger partial charge in [0.05, 0.1) is 32.0 Å². The number of fused-ring (bicyclic) bond motifs is 1. The van der Waals surface area contributed by atoms with Crippen molar-refractivity contribution in [3.8, 4) is 11.5 Å². The van der Waals surface area contributed by atoms with Gasteiger partial charge in [0.1, 0.15) is 48.1 Å². The number of hydrogen-bond donors (Lipinski definition) is 5. The molecule has 13 atom stereocenters. The average Bonchev–Trinajstić information content (AvgIpc) is 3.19. The number of carbonyl (C=O) groups is 1. The van der Waals surface area contributed by atoms with Gasteiger partial charge in [0, 0.05) is 23.8 Å². The van der Waals surface area contributed by atoms with Crippen LogP contribution in [0.2, 0.25) is 0 Å². The van der Waals surface area contributed by atoms with Gasteiger partial charge in [0.15, 0.2) is 18.4 Å². The van der Waals surface area contributed by atoms with Gasteiger partial charge in [-0.3, -0.25) is 4.79 Å². The monoisotopic (exact) mass is 837 g/mol. The number of benzene rings is 1. The largest absolute Gasteiger partial charge is 0.487 e. The summed E-state index contributed by atoms with van der Waals surface area (Å²) in [7, 11) is 0. The zero-order chi connectivity index (χ0) is 43.6. The van der Waals surface area contributed by atoms with Gasteiger partial charge in [-0.1, -0.05) is 86.5 Å². The van der Waals surface area contributed by atoms with Crippen molar-refractivity contribution in [2.45, 2.75) is 201 Å². The van der Waals surface area contributed by atoms with Crippen LogP contribution in [0.3, 0.4) is 0 Å². The summed E-state index contributed by atoms with van der Waals surface area (Å²) >= 11 is 0. The highest BCUT2D eigenvalue weighted by atomic mass is 16.7. The highest BCUT2D eigenvalue weighted by Gasteiger charge is 2.49. The van der Waals surface area contributed by atoms with E-state index in [0.29, 0.717) is 5.75 Å². The lowest BCUT2D eigenvalue weighted by molar-refractivity contribution is -0.343. The SMILES string of the molecule is Cc1c(C)c2c(c(C)c1OCC(=O)CCO[C@@H]1C(C)C(O)OC(CO)[C@H]1O[C@@H]1OC(CO)[C@@H](O)[C@H](O)C1C)CC[C@](C)(CCC[C@@H](C)CCC[C@@H](C)CCCC(C)C)O2. The van der Waals surface area contributed by atoms with Gasteiger partial charge in [0.25, 0.3) is 0 Å². The lowest BCUT2D eigenvalue weighted by Crippen LogP contribution is -2.61. The molecule has 1 aromatic carbocycles. The Balaban J connectivity index is 1.28. The Hall–Kier alpha value is -1.87. The Kier molecular flexibility index (Phi) is 19.4. The quantitative estimate of drug-likeness (QED) is 0.0795. The van der Waals surface area contributed by atoms with Crippen LogP contribution in [0.4, 0.5) is 0 Å². The molecule has 59 heavy (non-hydrogen) atoms. The summed E-state index contributed by atoms with van der Waals surface area (Å²) < 4.78 is 36.8. The van der Waals surface area contributed by atoms with Crippen molar-refractivity contribution in [2.75, 3.05) is 26.4 Å². The van der Waals surface area contributed by atoms with E-state index in [0.717, 1.165) is 71.4 Å². The normalized spacial score (nSPS) is 32.1. The predicted molar refractivity (Wildman–Crippen MR) is 227 cm³/mol. The fraction of sp³-hybridized carbons (Fsp3) is 0.851. The first-order chi connectivity index (χ1) is 27.9. The van der Waals surface area contributed by atoms with Gasteiger partial charge in [-0.2, -0.15) is 0 Å². The van der Waals surface area contributed by atoms with Crippen LogP contribution in [0.5, 0.6) is 11.5 Å². The van der Waals surface area contributed by atoms with E-state index in [1.165, 1.54) is 44.9 Å². The zero-order valence-corrected chi connectivity index (χ0v) is 37.9. The molecule has 0 bridgehead atoms. The molecule has 12 heteroatoms. The molecule has 0 saturated carbocycles. The summed E-state index contributed by atoms with van der Waals surface area (Å²) in [6.07, 6.45) is 4.52. The molecular weight excluding hydrogens is 757 g/mol. The molecule has 0 aliphatic carbocycles. The van der Waals surface area contributed by atoms with E-state index in [2.05, 4.69) is 41.5 Å². The Bertz CT molecular complexity index is 1450. The Morgan fingerprint density at radius 1 is 0.797 bits per heavy atom. The number of aliphatic hydroxyl groups excluding tert-OH is 5. The third kappa shape index (κ3) is 13.3. The van der Waals surface area contributed by atoms with Gasteiger partial charge < -0.3 is 54.0 Å². The first-order valence-electron chi connectivity index (χ1n) is 22.7. The molecule has 0 radical (unpaired) electrons. The van der Waals surface area contributed by atoms with Gasteiger partial charge in [-0.25, -0.2) is 0 Å². The maximum atomic E-state index is 13.2. The van der Waals surface area contributed by atoms with E-state index in [4.69, 9.17) is 28.4 Å². The van der Waals surface area contributed by atoms with Gasteiger partial charge >= 0.3 is 0 Å². The molecule has 2 fully saturated rings. The number of rotatable bonds is 23. The molecule has 0 spiro atoms. The minimum absolute atomic E-state index is 0.00619. The van der Waals surface area contributed by atoms with E-state index >= 15 is 0 Å². The van der Waals surface area contributed by atoms with Crippen LogP contribution < -0.4 is 9.47 Å². The smallest absolute Gasteiger partial charge is 0.172 e. The van der Waals surface area contributed by atoms with Crippen molar-refractivity contribution in [1.29, 1.82) is 0 Å². The van der Waals surface area contributed by atoms with Gasteiger partial charge in [0.2, 0.25) is 0 Å². The zero-order valence-electron chi connectivity index (χ0n) is 37.9. The molecule has 12 nitrogen and oxygen atoms in total. The maximum Gasteiger partial charge on any atom is 0.172 e. The van der Waals surface area contributed by atoms with Gasteiger partial charge in [-0.05, 0) is 87.8 Å². The number of carbonyl (C=O) groups excluding carboxylic acids is 1. The molecule has 5 N–H and O–H groups in total. The van der Waals surface area contributed by atoms with E-state index in [-0.39, 0.29) is 31.0 Å². The number of ether oxygens (including phenoxy) is 6. The molecule has 5 unspecified atom stereocenters. The topological polar surface area (TPSA) is 174 Å². The van der Waals surface area contributed by atoms with Crippen LogP contribution in [-0.2, 0) is 30.2 Å². The Labute approximate surface area is 354 Å². The number of aliphatic hydroxyl groups is 5. The highest BCUT2D eigenvalue weighted by molar-refractivity contribution is 5.80. The predicted octanol–water partition coefficient (Wildman–Crippen LogP) is 6.66. The highest BCUT2D eigenvalue weighted by Crippen LogP contribution is 2.45. The molecule has 2 saturated heterocycles. The number of hydrogen-bond acceptors (Lipinski definition) is 12. The molecule has 340 valence electrons. The van der Waals surface area contributed by atoms with Crippen molar-refractivity contribution >= 4 is 5.78 Å². The molecule has 3 aliphatic heterocycles. The Morgan fingerprint density at radius 3 is 2.05 bits per heavy atom. The first-order valence-corrected chi connectivity index (χ1v) is 22.7. The molecule has 4 rings (SSSR count). The fourth-order valence-corrected chi connectivity index (χ4v) is 9.15. The molecule has 0 amide bonds. The maximum absolute atomic E-state index is 13.2. The molecule has 0 aromatic heterocycles. The number of Topliss-reactive ketones (excluding diaryl/α,β-unsaturated/α-hetero) is 1. The third-order valence-corrected chi connectivity index (χ3v) is 13.5. The lowest BCUT2D eigenvalue weighted by Gasteiger charge is -2.47. The first kappa shape index (κ1) is 49.8. The van der Waals surface area contributed by atoms with E-state index < -0.39 is 74.3 Å². The number of ketones is 1. The summed E-state index contributed by atoms with van der Waals surface area (Å²) in [6, 6.07) is 0. The summed E-state index contributed by atoms with van der Waals surface area (Å²) in [6.45, 7) is 20.0. The molecule has 1 aromatic rings.